The van der Waals surface area contributed by atoms with E-state index in [9.17, 15) is 4.79 Å². The summed E-state index contributed by atoms with van der Waals surface area (Å²) in [5, 5.41) is 10.0. The first-order valence-electron chi connectivity index (χ1n) is 7.88. The predicted molar refractivity (Wildman–Crippen MR) is 94.3 cm³/mol. The van der Waals surface area contributed by atoms with Crippen molar-refractivity contribution in [2.45, 2.75) is 13.5 Å². The third-order valence-corrected chi connectivity index (χ3v) is 5.32. The number of rotatable bonds is 5. The second-order valence-corrected chi connectivity index (χ2v) is 6.85. The van der Waals surface area contributed by atoms with Crippen LogP contribution in [0.4, 0.5) is 5.69 Å². The molecule has 1 aromatic carbocycles. The van der Waals surface area contributed by atoms with Crippen LogP contribution in [-0.2, 0) is 6.54 Å². The second kappa shape index (κ2) is 7.19. The molecule has 1 N–H and O–H groups in total. The average molecular weight is 347 g/mol. The molecule has 0 radical (unpaired) electrons. The first kappa shape index (κ1) is 16.7. The first-order valence-corrected chi connectivity index (χ1v) is 8.70. The van der Waals surface area contributed by atoms with E-state index in [0.29, 0.717) is 17.1 Å². The zero-order valence-corrected chi connectivity index (χ0v) is 14.7. The molecule has 7 heteroatoms. The molecule has 0 saturated carbocycles. The monoisotopic (exact) mass is 347 g/mol. The van der Waals surface area contributed by atoms with Crippen LogP contribution in [0, 0.1) is 6.92 Å². The number of aryl methyl sites for hydroxylation is 1. The van der Waals surface area contributed by atoms with E-state index in [1.807, 2.05) is 18.2 Å². The third kappa shape index (κ3) is 3.52. The molecule has 1 aromatic heterocycles. The van der Waals surface area contributed by atoms with Crippen LogP contribution >= 0.6 is 11.3 Å². The number of ether oxygens (including phenoxy) is 1. The van der Waals surface area contributed by atoms with E-state index >= 15 is 0 Å². The fourth-order valence-electron chi connectivity index (χ4n) is 2.95. The second-order valence-electron chi connectivity index (χ2n) is 5.76. The molecule has 1 aliphatic heterocycles. The quantitative estimate of drug-likeness (QED) is 0.896. The van der Waals surface area contributed by atoms with Gasteiger partial charge in [-0.3, -0.25) is 4.90 Å². The Kier molecular flexibility index (Phi) is 5.01. The van der Waals surface area contributed by atoms with E-state index in [-0.39, 0.29) is 0 Å². The van der Waals surface area contributed by atoms with Gasteiger partial charge in [0, 0.05) is 26.2 Å². The smallest absolute Gasteiger partial charge is 0.347 e. The number of piperazine rings is 1. The maximum absolute atomic E-state index is 11.1. The molecule has 1 fully saturated rings. The molecule has 0 atom stereocenters. The summed E-state index contributed by atoms with van der Waals surface area (Å²) in [5.74, 6) is 0.00448. The number of nitrogens with zero attached hydrogens (tertiary/aromatic N) is 3. The molecule has 3 rings (SSSR count). The summed E-state index contributed by atoms with van der Waals surface area (Å²) < 4.78 is 5.44. The van der Waals surface area contributed by atoms with Crippen LogP contribution in [0.1, 0.15) is 20.4 Å². The Hall–Kier alpha value is -2.12. The van der Waals surface area contributed by atoms with Gasteiger partial charge in [-0.15, -0.1) is 11.3 Å². The standard InChI is InChI=1S/C17H21N3O3S/c1-12-16(17(21)22)24-15(18-12)11-19-7-9-20(10-8-19)13-5-3-4-6-14(13)23-2/h3-6H,7-11H2,1-2H3,(H,21,22). The summed E-state index contributed by atoms with van der Waals surface area (Å²) in [6, 6.07) is 8.06. The fraction of sp³-hybridized carbons (Fsp3) is 0.412. The molecule has 128 valence electrons. The van der Waals surface area contributed by atoms with Gasteiger partial charge in [0.05, 0.1) is 25.0 Å². The van der Waals surface area contributed by atoms with Gasteiger partial charge < -0.3 is 14.7 Å². The third-order valence-electron chi connectivity index (χ3n) is 4.19. The van der Waals surface area contributed by atoms with Gasteiger partial charge in [-0.2, -0.15) is 0 Å². The van der Waals surface area contributed by atoms with Crippen molar-refractivity contribution in [3.05, 3.63) is 39.8 Å². The van der Waals surface area contributed by atoms with Crippen LogP contribution in [0.2, 0.25) is 0 Å². The Labute approximate surface area is 145 Å². The minimum absolute atomic E-state index is 0.345. The molecule has 2 aromatic rings. The van der Waals surface area contributed by atoms with Gasteiger partial charge in [-0.1, -0.05) is 12.1 Å². The number of thiazole rings is 1. The lowest BCUT2D eigenvalue weighted by molar-refractivity contribution is 0.0701. The van der Waals surface area contributed by atoms with Crippen LogP contribution in [0.15, 0.2) is 24.3 Å². The summed E-state index contributed by atoms with van der Waals surface area (Å²) in [5.41, 5.74) is 1.73. The number of hydrogen-bond acceptors (Lipinski definition) is 6. The van der Waals surface area contributed by atoms with E-state index in [0.717, 1.165) is 42.6 Å². The number of para-hydroxylation sites is 2. The van der Waals surface area contributed by atoms with Crippen molar-refractivity contribution < 1.29 is 14.6 Å². The van der Waals surface area contributed by atoms with Crippen LogP contribution in [-0.4, -0.2) is 54.2 Å². The number of carboxylic acid groups (broad SMARTS) is 1. The zero-order chi connectivity index (χ0) is 17.1. The highest BCUT2D eigenvalue weighted by Crippen LogP contribution is 2.28. The molecule has 1 aliphatic rings. The fourth-order valence-corrected chi connectivity index (χ4v) is 3.89. The summed E-state index contributed by atoms with van der Waals surface area (Å²) in [4.78, 5) is 20.5. The van der Waals surface area contributed by atoms with Crippen molar-refractivity contribution >= 4 is 23.0 Å². The molecule has 0 spiro atoms. The average Bonchev–Trinajstić information content (AvgIpc) is 2.96. The molecular formula is C17H21N3O3S. The van der Waals surface area contributed by atoms with Gasteiger partial charge >= 0.3 is 5.97 Å². The molecule has 0 unspecified atom stereocenters. The maximum atomic E-state index is 11.1. The zero-order valence-electron chi connectivity index (χ0n) is 13.9. The number of aromatic nitrogens is 1. The van der Waals surface area contributed by atoms with Crippen molar-refractivity contribution in [1.29, 1.82) is 0 Å². The molecule has 24 heavy (non-hydrogen) atoms. The normalized spacial score (nSPS) is 15.5. The van der Waals surface area contributed by atoms with E-state index in [4.69, 9.17) is 9.84 Å². The predicted octanol–water partition coefficient (Wildman–Crippen LogP) is 2.48. The Morgan fingerprint density at radius 2 is 2.00 bits per heavy atom. The Bertz CT molecular complexity index is 724. The molecule has 1 saturated heterocycles. The van der Waals surface area contributed by atoms with Gasteiger partial charge in [0.1, 0.15) is 15.6 Å². The SMILES string of the molecule is COc1ccccc1N1CCN(Cc2nc(C)c(C(=O)O)s2)CC1. The number of benzene rings is 1. The van der Waals surface area contributed by atoms with Crippen molar-refractivity contribution in [1.82, 2.24) is 9.88 Å². The van der Waals surface area contributed by atoms with Crippen molar-refractivity contribution in [2.75, 3.05) is 38.2 Å². The maximum Gasteiger partial charge on any atom is 0.347 e. The summed E-state index contributed by atoms with van der Waals surface area (Å²) in [6.07, 6.45) is 0. The molecule has 6 nitrogen and oxygen atoms in total. The van der Waals surface area contributed by atoms with Gasteiger partial charge in [-0.05, 0) is 19.1 Å². The Balaban J connectivity index is 1.61. The number of methoxy groups -OCH3 is 1. The number of anilines is 1. The molecule has 0 aliphatic carbocycles. The lowest BCUT2D eigenvalue weighted by Crippen LogP contribution is -2.46. The van der Waals surface area contributed by atoms with Gasteiger partial charge in [0.15, 0.2) is 0 Å². The Morgan fingerprint density at radius 1 is 1.29 bits per heavy atom. The number of carbonyl (C=O) groups is 1. The van der Waals surface area contributed by atoms with Crippen LogP contribution < -0.4 is 9.64 Å². The van der Waals surface area contributed by atoms with Crippen LogP contribution in [0.5, 0.6) is 5.75 Å². The number of hydrogen-bond donors (Lipinski definition) is 1. The molecule has 0 bridgehead atoms. The van der Waals surface area contributed by atoms with Gasteiger partial charge in [0.2, 0.25) is 0 Å². The van der Waals surface area contributed by atoms with E-state index in [2.05, 4.69) is 20.9 Å². The summed E-state index contributed by atoms with van der Waals surface area (Å²) >= 11 is 1.28. The molecule has 2 heterocycles. The molecule has 0 amide bonds. The van der Waals surface area contributed by atoms with Crippen molar-refractivity contribution in [3.63, 3.8) is 0 Å². The first-order chi connectivity index (χ1) is 11.6. The van der Waals surface area contributed by atoms with Crippen molar-refractivity contribution in [2.24, 2.45) is 0 Å². The number of carboxylic acids is 1. The minimum atomic E-state index is -0.891. The van der Waals surface area contributed by atoms with E-state index < -0.39 is 5.97 Å². The van der Waals surface area contributed by atoms with Crippen molar-refractivity contribution in [3.8, 4) is 5.75 Å². The van der Waals surface area contributed by atoms with E-state index in [1.54, 1.807) is 14.0 Å². The number of aromatic carboxylic acids is 1. The van der Waals surface area contributed by atoms with Gasteiger partial charge in [-0.25, -0.2) is 9.78 Å². The minimum Gasteiger partial charge on any atom is -0.495 e. The highest BCUT2D eigenvalue weighted by molar-refractivity contribution is 7.13. The van der Waals surface area contributed by atoms with Crippen LogP contribution in [0.25, 0.3) is 0 Å². The Morgan fingerprint density at radius 3 is 2.62 bits per heavy atom. The highest BCUT2D eigenvalue weighted by atomic mass is 32.1. The molecular weight excluding hydrogens is 326 g/mol. The van der Waals surface area contributed by atoms with Gasteiger partial charge in [0.25, 0.3) is 0 Å². The highest BCUT2D eigenvalue weighted by Gasteiger charge is 2.21. The topological polar surface area (TPSA) is 65.9 Å². The lowest BCUT2D eigenvalue weighted by Gasteiger charge is -2.36. The largest absolute Gasteiger partial charge is 0.495 e. The lowest BCUT2D eigenvalue weighted by atomic mass is 10.2. The summed E-state index contributed by atoms with van der Waals surface area (Å²) in [6.45, 7) is 6.12. The van der Waals surface area contributed by atoms with E-state index in [1.165, 1.54) is 11.3 Å². The summed E-state index contributed by atoms with van der Waals surface area (Å²) in [7, 11) is 1.69. The van der Waals surface area contributed by atoms with Crippen LogP contribution in [0.3, 0.4) is 0 Å².